The molecule has 4 heteroatoms. The largest absolute Gasteiger partial charge is 0.483 e. The van der Waals surface area contributed by atoms with Gasteiger partial charge in [0.25, 0.3) is 5.91 Å². The van der Waals surface area contributed by atoms with Crippen LogP contribution in [-0.2, 0) is 4.79 Å². The van der Waals surface area contributed by atoms with Crippen LogP contribution >= 0.6 is 15.9 Å². The van der Waals surface area contributed by atoms with E-state index in [1.807, 2.05) is 30.3 Å². The number of nitrogens with one attached hydrogen (secondary N) is 1. The van der Waals surface area contributed by atoms with Crippen LogP contribution in [0.25, 0.3) is 10.8 Å². The van der Waals surface area contributed by atoms with Gasteiger partial charge in [0.05, 0.1) is 4.47 Å². The van der Waals surface area contributed by atoms with Crippen molar-refractivity contribution >= 4 is 32.6 Å². The maximum Gasteiger partial charge on any atom is 0.258 e. The lowest BCUT2D eigenvalue weighted by molar-refractivity contribution is -0.124. The van der Waals surface area contributed by atoms with Crippen LogP contribution < -0.4 is 10.1 Å². The van der Waals surface area contributed by atoms with E-state index in [4.69, 9.17) is 4.74 Å². The van der Waals surface area contributed by atoms with Crippen molar-refractivity contribution in [2.45, 2.75) is 38.1 Å². The van der Waals surface area contributed by atoms with Crippen LogP contribution in [-0.4, -0.2) is 18.6 Å². The normalized spacial score (nSPS) is 15.7. The van der Waals surface area contributed by atoms with Gasteiger partial charge < -0.3 is 10.1 Å². The van der Waals surface area contributed by atoms with Crippen molar-refractivity contribution in [2.75, 3.05) is 6.61 Å². The first-order chi connectivity index (χ1) is 10.7. The highest BCUT2D eigenvalue weighted by molar-refractivity contribution is 9.10. The van der Waals surface area contributed by atoms with Crippen molar-refractivity contribution in [2.24, 2.45) is 0 Å². The van der Waals surface area contributed by atoms with Crippen molar-refractivity contribution in [1.29, 1.82) is 0 Å². The first kappa shape index (κ1) is 15.3. The molecule has 0 heterocycles. The summed E-state index contributed by atoms with van der Waals surface area (Å²) in [6.45, 7) is 0.0629. The summed E-state index contributed by atoms with van der Waals surface area (Å²) in [7, 11) is 0. The molecule has 1 fully saturated rings. The van der Waals surface area contributed by atoms with Gasteiger partial charge in [-0.15, -0.1) is 0 Å². The molecule has 0 aromatic heterocycles. The van der Waals surface area contributed by atoms with Crippen LogP contribution in [0.15, 0.2) is 40.9 Å². The van der Waals surface area contributed by atoms with Gasteiger partial charge in [0.1, 0.15) is 5.75 Å². The van der Waals surface area contributed by atoms with Crippen LogP contribution in [0.1, 0.15) is 32.1 Å². The van der Waals surface area contributed by atoms with E-state index < -0.39 is 0 Å². The molecule has 1 aliphatic carbocycles. The molecule has 116 valence electrons. The second-order valence-corrected chi connectivity index (χ2v) is 6.58. The molecule has 0 spiro atoms. The highest BCUT2D eigenvalue weighted by Crippen LogP contribution is 2.32. The summed E-state index contributed by atoms with van der Waals surface area (Å²) >= 11 is 3.57. The fraction of sp³-hybridized carbons (Fsp3) is 0.389. The van der Waals surface area contributed by atoms with E-state index in [9.17, 15) is 4.79 Å². The topological polar surface area (TPSA) is 38.3 Å². The molecule has 0 saturated heterocycles. The fourth-order valence-corrected chi connectivity index (χ4v) is 3.59. The quantitative estimate of drug-likeness (QED) is 0.874. The van der Waals surface area contributed by atoms with Crippen molar-refractivity contribution in [3.05, 3.63) is 40.9 Å². The van der Waals surface area contributed by atoms with E-state index in [0.717, 1.165) is 28.1 Å². The van der Waals surface area contributed by atoms with Gasteiger partial charge >= 0.3 is 0 Å². The molecule has 0 aliphatic heterocycles. The Kier molecular flexibility index (Phi) is 4.98. The molecular weight excluding hydrogens is 342 g/mol. The number of carbonyl (C=O) groups is 1. The number of rotatable bonds is 4. The van der Waals surface area contributed by atoms with Gasteiger partial charge in [-0.2, -0.15) is 0 Å². The highest BCUT2D eigenvalue weighted by atomic mass is 79.9. The van der Waals surface area contributed by atoms with Gasteiger partial charge in [-0.05, 0) is 45.6 Å². The summed E-state index contributed by atoms with van der Waals surface area (Å²) < 4.78 is 6.59. The van der Waals surface area contributed by atoms with Crippen LogP contribution in [0.4, 0.5) is 0 Å². The van der Waals surface area contributed by atoms with Gasteiger partial charge in [0.15, 0.2) is 6.61 Å². The van der Waals surface area contributed by atoms with Gasteiger partial charge in [-0.3, -0.25) is 4.79 Å². The van der Waals surface area contributed by atoms with E-state index in [-0.39, 0.29) is 12.5 Å². The maximum atomic E-state index is 12.0. The Morgan fingerprint density at radius 2 is 1.91 bits per heavy atom. The minimum Gasteiger partial charge on any atom is -0.483 e. The van der Waals surface area contributed by atoms with Crippen LogP contribution in [0.2, 0.25) is 0 Å². The lowest BCUT2D eigenvalue weighted by Crippen LogP contribution is -2.39. The average molecular weight is 362 g/mol. The Labute approximate surface area is 139 Å². The fourth-order valence-electron chi connectivity index (χ4n) is 2.98. The molecule has 0 atom stereocenters. The number of halogens is 1. The van der Waals surface area contributed by atoms with Crippen molar-refractivity contribution in [3.8, 4) is 5.75 Å². The summed E-state index contributed by atoms with van der Waals surface area (Å²) in [5.41, 5.74) is 0. The zero-order chi connectivity index (χ0) is 15.4. The lowest BCUT2D eigenvalue weighted by atomic mass is 9.95. The van der Waals surface area contributed by atoms with Crippen LogP contribution in [0, 0.1) is 0 Å². The summed E-state index contributed by atoms with van der Waals surface area (Å²) in [6.07, 6.45) is 5.88. The van der Waals surface area contributed by atoms with Crippen molar-refractivity contribution in [3.63, 3.8) is 0 Å². The molecule has 3 rings (SSSR count). The maximum absolute atomic E-state index is 12.0. The molecule has 0 unspecified atom stereocenters. The molecule has 1 aliphatic rings. The standard InChI is InChI=1S/C18H20BrNO2/c19-18-15-9-5-4-6-13(15)10-11-16(18)22-12-17(21)20-14-7-2-1-3-8-14/h4-6,9-11,14H,1-3,7-8,12H2,(H,20,21). The average Bonchev–Trinajstić information content (AvgIpc) is 2.55. The smallest absolute Gasteiger partial charge is 0.258 e. The van der Waals surface area contributed by atoms with Crippen molar-refractivity contribution in [1.82, 2.24) is 5.32 Å². The molecule has 0 radical (unpaired) electrons. The number of carbonyl (C=O) groups excluding carboxylic acids is 1. The molecule has 2 aromatic carbocycles. The molecular formula is C18H20BrNO2. The van der Waals surface area contributed by atoms with Crippen molar-refractivity contribution < 1.29 is 9.53 Å². The SMILES string of the molecule is O=C(COc1ccc2ccccc2c1Br)NC1CCCCC1. The van der Waals surface area contributed by atoms with E-state index in [1.165, 1.54) is 19.3 Å². The minimum atomic E-state index is -0.0352. The molecule has 1 saturated carbocycles. The minimum absolute atomic E-state index is 0.0352. The zero-order valence-electron chi connectivity index (χ0n) is 12.5. The number of benzene rings is 2. The Morgan fingerprint density at radius 1 is 1.14 bits per heavy atom. The number of fused-ring (bicyclic) bond motifs is 1. The molecule has 3 nitrogen and oxygen atoms in total. The predicted octanol–water partition coefficient (Wildman–Crippen LogP) is 4.43. The molecule has 0 bridgehead atoms. The van der Waals surface area contributed by atoms with Gasteiger partial charge in [0.2, 0.25) is 0 Å². The number of amides is 1. The first-order valence-corrected chi connectivity index (χ1v) is 8.63. The summed E-state index contributed by atoms with van der Waals surface area (Å²) in [4.78, 5) is 12.0. The van der Waals surface area contributed by atoms with Crippen LogP contribution in [0.5, 0.6) is 5.75 Å². The third kappa shape index (κ3) is 3.61. The first-order valence-electron chi connectivity index (χ1n) is 7.83. The summed E-state index contributed by atoms with van der Waals surface area (Å²) in [6, 6.07) is 12.3. The lowest BCUT2D eigenvalue weighted by Gasteiger charge is -2.22. The van der Waals surface area contributed by atoms with E-state index in [0.29, 0.717) is 11.8 Å². The van der Waals surface area contributed by atoms with E-state index in [1.54, 1.807) is 0 Å². The number of hydrogen-bond donors (Lipinski definition) is 1. The predicted molar refractivity (Wildman–Crippen MR) is 92.2 cm³/mol. The third-order valence-electron chi connectivity index (χ3n) is 4.16. The molecule has 2 aromatic rings. The zero-order valence-corrected chi connectivity index (χ0v) is 14.1. The molecule has 1 N–H and O–H groups in total. The third-order valence-corrected chi connectivity index (χ3v) is 4.97. The second kappa shape index (κ2) is 7.14. The van der Waals surface area contributed by atoms with Crippen LogP contribution in [0.3, 0.4) is 0 Å². The monoisotopic (exact) mass is 361 g/mol. The Balaban J connectivity index is 1.61. The Hall–Kier alpha value is -1.55. The second-order valence-electron chi connectivity index (χ2n) is 5.79. The Bertz CT molecular complexity index is 665. The van der Waals surface area contributed by atoms with Gasteiger partial charge in [0, 0.05) is 6.04 Å². The summed E-state index contributed by atoms with van der Waals surface area (Å²) in [5.74, 6) is 0.671. The highest BCUT2D eigenvalue weighted by Gasteiger charge is 2.16. The van der Waals surface area contributed by atoms with E-state index in [2.05, 4.69) is 27.3 Å². The van der Waals surface area contributed by atoms with Gasteiger partial charge in [-0.25, -0.2) is 0 Å². The number of hydrogen-bond acceptors (Lipinski definition) is 2. The summed E-state index contributed by atoms with van der Waals surface area (Å²) in [5, 5.41) is 5.30. The Morgan fingerprint density at radius 3 is 2.73 bits per heavy atom. The van der Waals surface area contributed by atoms with Gasteiger partial charge in [-0.1, -0.05) is 49.6 Å². The number of ether oxygens (including phenoxy) is 1. The molecule has 1 amide bonds. The van der Waals surface area contributed by atoms with E-state index >= 15 is 0 Å². The molecule has 22 heavy (non-hydrogen) atoms.